The molecule has 1 saturated carbocycles. The highest BCUT2D eigenvalue weighted by Crippen LogP contribution is 2.59. The van der Waals surface area contributed by atoms with Crippen LogP contribution < -0.4 is 0 Å². The Kier molecular flexibility index (Phi) is 5.01. The molecule has 1 unspecified atom stereocenters. The SMILES string of the molecule is CO[C@H]1O[C@H]2N(C)C(=O)c3ccccc3[C@@]23C1CCC[C@H]3O[Si](C)(C)C(C)(C)C. The molecule has 5 atom stereocenters. The fourth-order valence-corrected chi connectivity index (χ4v) is 6.83. The molecule has 29 heavy (non-hydrogen) atoms. The molecule has 1 aromatic rings. The van der Waals surface area contributed by atoms with E-state index in [0.29, 0.717) is 0 Å². The van der Waals surface area contributed by atoms with E-state index in [1.165, 1.54) is 0 Å². The quantitative estimate of drug-likeness (QED) is 0.678. The normalized spacial score (nSPS) is 34.6. The van der Waals surface area contributed by atoms with E-state index in [9.17, 15) is 4.79 Å². The molecule has 1 aromatic carbocycles. The monoisotopic (exact) mass is 417 g/mol. The second-order valence-electron chi connectivity index (χ2n) is 10.4. The second-order valence-corrected chi connectivity index (χ2v) is 15.1. The number of hydrogen-bond acceptors (Lipinski definition) is 4. The number of ether oxygens (including phenoxy) is 2. The van der Waals surface area contributed by atoms with Gasteiger partial charge in [0.1, 0.15) is 6.23 Å². The van der Waals surface area contributed by atoms with Crippen LogP contribution in [0, 0.1) is 5.92 Å². The molecule has 0 radical (unpaired) electrons. The van der Waals surface area contributed by atoms with E-state index in [0.717, 1.165) is 30.4 Å². The average Bonchev–Trinajstić information content (AvgIpc) is 3.02. The Bertz CT molecular complexity index is 804. The minimum Gasteiger partial charge on any atom is -0.413 e. The Morgan fingerprint density at radius 3 is 2.55 bits per heavy atom. The molecule has 160 valence electrons. The average molecular weight is 418 g/mol. The zero-order valence-corrected chi connectivity index (χ0v) is 19.8. The Hall–Kier alpha value is -1.21. The molecule has 6 heteroatoms. The predicted molar refractivity (Wildman–Crippen MR) is 115 cm³/mol. The number of methoxy groups -OCH3 is 1. The first-order valence-corrected chi connectivity index (χ1v) is 13.7. The van der Waals surface area contributed by atoms with Gasteiger partial charge in [-0.2, -0.15) is 0 Å². The van der Waals surface area contributed by atoms with E-state index in [2.05, 4.69) is 39.9 Å². The van der Waals surface area contributed by atoms with Crippen LogP contribution in [0.1, 0.15) is 56.0 Å². The summed E-state index contributed by atoms with van der Waals surface area (Å²) < 4.78 is 19.4. The summed E-state index contributed by atoms with van der Waals surface area (Å²) >= 11 is 0. The smallest absolute Gasteiger partial charge is 0.255 e. The zero-order valence-electron chi connectivity index (χ0n) is 18.8. The second kappa shape index (κ2) is 6.91. The molecular weight excluding hydrogens is 382 g/mol. The van der Waals surface area contributed by atoms with Crippen molar-refractivity contribution in [1.82, 2.24) is 4.90 Å². The largest absolute Gasteiger partial charge is 0.413 e. The van der Waals surface area contributed by atoms with Crippen molar-refractivity contribution in [2.75, 3.05) is 14.2 Å². The summed E-state index contributed by atoms with van der Waals surface area (Å²) in [5.74, 6) is 0.182. The molecule has 0 N–H and O–H groups in total. The highest BCUT2D eigenvalue weighted by molar-refractivity contribution is 6.74. The van der Waals surface area contributed by atoms with Crippen LogP contribution in [-0.2, 0) is 19.3 Å². The van der Waals surface area contributed by atoms with Crippen molar-refractivity contribution in [2.45, 2.75) is 82.2 Å². The fraction of sp³-hybridized carbons (Fsp3) is 0.696. The predicted octanol–water partition coefficient (Wildman–Crippen LogP) is 4.53. The summed E-state index contributed by atoms with van der Waals surface area (Å²) in [4.78, 5) is 14.9. The van der Waals surface area contributed by atoms with Crippen molar-refractivity contribution >= 4 is 14.2 Å². The van der Waals surface area contributed by atoms with E-state index in [1.54, 1.807) is 12.0 Å². The van der Waals surface area contributed by atoms with E-state index in [-0.39, 0.29) is 35.5 Å². The molecule has 1 aliphatic carbocycles. The summed E-state index contributed by atoms with van der Waals surface area (Å²) in [5.41, 5.74) is 1.47. The van der Waals surface area contributed by atoms with Crippen molar-refractivity contribution < 1.29 is 18.7 Å². The maximum absolute atomic E-state index is 13.1. The van der Waals surface area contributed by atoms with Crippen molar-refractivity contribution in [1.29, 1.82) is 0 Å². The maximum Gasteiger partial charge on any atom is 0.255 e. The lowest BCUT2D eigenvalue weighted by Crippen LogP contribution is -2.65. The van der Waals surface area contributed by atoms with Gasteiger partial charge >= 0.3 is 0 Å². The highest BCUT2D eigenvalue weighted by Gasteiger charge is 2.68. The molecule has 2 heterocycles. The number of amides is 1. The molecule has 3 aliphatic rings. The van der Waals surface area contributed by atoms with Gasteiger partial charge < -0.3 is 18.8 Å². The van der Waals surface area contributed by atoms with Crippen molar-refractivity contribution in [3.63, 3.8) is 0 Å². The van der Waals surface area contributed by atoms with Crippen LogP contribution in [0.2, 0.25) is 18.1 Å². The van der Waals surface area contributed by atoms with Gasteiger partial charge in [0.15, 0.2) is 14.6 Å². The molecule has 2 fully saturated rings. The third-order valence-electron chi connectivity index (χ3n) is 7.90. The van der Waals surface area contributed by atoms with Crippen LogP contribution in [0.4, 0.5) is 0 Å². The minimum absolute atomic E-state index is 0.00370. The molecule has 0 bridgehead atoms. The lowest BCUT2D eigenvalue weighted by molar-refractivity contribution is -0.157. The van der Waals surface area contributed by atoms with Crippen LogP contribution in [-0.4, -0.2) is 51.9 Å². The third-order valence-corrected chi connectivity index (χ3v) is 12.4. The van der Waals surface area contributed by atoms with Crippen molar-refractivity contribution in [3.8, 4) is 0 Å². The molecule has 1 saturated heterocycles. The number of carbonyl (C=O) groups excluding carboxylic acids is 1. The van der Waals surface area contributed by atoms with Gasteiger partial charge in [-0.3, -0.25) is 4.79 Å². The topological polar surface area (TPSA) is 48.0 Å². The number of carbonyl (C=O) groups is 1. The van der Waals surface area contributed by atoms with Crippen LogP contribution in [0.25, 0.3) is 0 Å². The van der Waals surface area contributed by atoms with Gasteiger partial charge in [0.25, 0.3) is 5.91 Å². The molecule has 4 rings (SSSR count). The summed E-state index contributed by atoms with van der Waals surface area (Å²) in [5, 5.41) is 0.113. The number of rotatable bonds is 3. The Morgan fingerprint density at radius 1 is 1.21 bits per heavy atom. The fourth-order valence-electron chi connectivity index (χ4n) is 5.45. The summed E-state index contributed by atoms with van der Waals surface area (Å²) in [7, 11) is 1.54. The van der Waals surface area contributed by atoms with Crippen LogP contribution in [0.3, 0.4) is 0 Å². The van der Waals surface area contributed by atoms with E-state index < -0.39 is 13.7 Å². The van der Waals surface area contributed by atoms with Gasteiger partial charge in [0, 0.05) is 25.6 Å². The molecule has 1 spiro atoms. The van der Waals surface area contributed by atoms with Gasteiger partial charge in [-0.25, -0.2) is 0 Å². The number of benzene rings is 1. The van der Waals surface area contributed by atoms with Crippen LogP contribution >= 0.6 is 0 Å². The lowest BCUT2D eigenvalue weighted by Gasteiger charge is -2.55. The van der Waals surface area contributed by atoms with E-state index in [4.69, 9.17) is 13.9 Å². The molecule has 2 aliphatic heterocycles. The highest BCUT2D eigenvalue weighted by atomic mass is 28.4. The van der Waals surface area contributed by atoms with Crippen LogP contribution in [0.15, 0.2) is 24.3 Å². The van der Waals surface area contributed by atoms with Crippen molar-refractivity contribution in [2.24, 2.45) is 5.92 Å². The first kappa shape index (κ1) is 21.0. The standard InChI is InChI=1S/C23H35NO4Si/c1-22(2,3)29(6,7)28-18-14-10-13-17-20(26-5)27-21-23(17,18)16-12-9-8-11-15(16)19(25)24(21)4/h8-9,11-12,17-18,20-21H,10,13-14H2,1-7H3/t17?,18-,20+,21-,23+/m1/s1. The van der Waals surface area contributed by atoms with Gasteiger partial charge in [0.2, 0.25) is 0 Å². The van der Waals surface area contributed by atoms with Crippen LogP contribution in [0.5, 0.6) is 0 Å². The van der Waals surface area contributed by atoms with E-state index >= 15 is 0 Å². The maximum atomic E-state index is 13.1. The Balaban J connectivity index is 1.91. The summed E-state index contributed by atoms with van der Waals surface area (Å²) in [6.45, 7) is 11.5. The lowest BCUT2D eigenvalue weighted by atomic mass is 9.58. The number of nitrogens with zero attached hydrogens (tertiary/aromatic N) is 1. The Labute approximate surface area is 175 Å². The summed E-state index contributed by atoms with van der Waals surface area (Å²) in [6, 6.07) is 8.06. The van der Waals surface area contributed by atoms with Crippen molar-refractivity contribution in [3.05, 3.63) is 35.4 Å². The number of fused-ring (bicyclic) bond motifs is 1. The Morgan fingerprint density at radius 2 is 1.90 bits per heavy atom. The third kappa shape index (κ3) is 2.87. The van der Waals surface area contributed by atoms with Gasteiger partial charge in [-0.05, 0) is 42.6 Å². The summed E-state index contributed by atoms with van der Waals surface area (Å²) in [6.07, 6.45) is 2.39. The first-order valence-electron chi connectivity index (χ1n) is 10.8. The van der Waals surface area contributed by atoms with Gasteiger partial charge in [-0.1, -0.05) is 45.4 Å². The minimum atomic E-state index is -2.03. The van der Waals surface area contributed by atoms with Gasteiger partial charge in [0.05, 0.1) is 11.5 Å². The number of hydrogen-bond donors (Lipinski definition) is 0. The van der Waals surface area contributed by atoms with Gasteiger partial charge in [-0.15, -0.1) is 0 Å². The van der Waals surface area contributed by atoms with E-state index in [1.807, 2.05) is 25.2 Å². The molecule has 5 nitrogen and oxygen atoms in total. The first-order chi connectivity index (χ1) is 13.6. The number of likely N-dealkylation sites (N-methyl/N-ethyl adjacent to an activating group) is 1. The molecule has 1 amide bonds. The molecule has 0 aromatic heterocycles. The zero-order chi connectivity index (χ0) is 21.2. The molecular formula is C23H35NO4Si.